The summed E-state index contributed by atoms with van der Waals surface area (Å²) >= 11 is 2.84. The van der Waals surface area contributed by atoms with Gasteiger partial charge in [0.05, 0.1) is 10.2 Å². The SMILES string of the molecule is Nc1cccc(C(=O)Nc2cc(F)c(Br)cc2F)n1. The number of rotatable bonds is 2. The van der Waals surface area contributed by atoms with Crippen molar-refractivity contribution in [3.8, 4) is 0 Å². The Bertz CT molecular complexity index is 649. The highest BCUT2D eigenvalue weighted by Crippen LogP contribution is 2.23. The number of hydrogen-bond donors (Lipinski definition) is 2. The molecule has 1 heterocycles. The van der Waals surface area contributed by atoms with Crippen LogP contribution in [0.2, 0.25) is 0 Å². The number of pyridine rings is 1. The van der Waals surface area contributed by atoms with Gasteiger partial charge in [-0.1, -0.05) is 6.07 Å². The Kier molecular flexibility index (Phi) is 3.75. The molecule has 98 valence electrons. The summed E-state index contributed by atoms with van der Waals surface area (Å²) in [7, 11) is 0. The van der Waals surface area contributed by atoms with Crippen LogP contribution >= 0.6 is 15.9 Å². The third kappa shape index (κ3) is 3.05. The minimum Gasteiger partial charge on any atom is -0.384 e. The largest absolute Gasteiger partial charge is 0.384 e. The van der Waals surface area contributed by atoms with E-state index < -0.39 is 17.5 Å². The Labute approximate surface area is 115 Å². The van der Waals surface area contributed by atoms with Crippen molar-refractivity contribution >= 4 is 33.3 Å². The molecule has 1 amide bonds. The zero-order valence-corrected chi connectivity index (χ0v) is 11.0. The maximum Gasteiger partial charge on any atom is 0.274 e. The van der Waals surface area contributed by atoms with Gasteiger partial charge in [-0.2, -0.15) is 0 Å². The van der Waals surface area contributed by atoms with E-state index in [0.717, 1.165) is 12.1 Å². The summed E-state index contributed by atoms with van der Waals surface area (Å²) in [5.41, 5.74) is 5.18. The van der Waals surface area contributed by atoms with Crippen LogP contribution in [-0.2, 0) is 0 Å². The molecule has 2 rings (SSSR count). The van der Waals surface area contributed by atoms with Gasteiger partial charge in [-0.05, 0) is 34.1 Å². The number of hydrogen-bond acceptors (Lipinski definition) is 3. The van der Waals surface area contributed by atoms with Crippen molar-refractivity contribution in [2.24, 2.45) is 0 Å². The number of carbonyl (C=O) groups excluding carboxylic acids is 1. The number of amides is 1. The third-order valence-corrected chi connectivity index (χ3v) is 2.87. The molecule has 0 atom stereocenters. The summed E-state index contributed by atoms with van der Waals surface area (Å²) in [6.45, 7) is 0. The predicted molar refractivity (Wildman–Crippen MR) is 70.7 cm³/mol. The van der Waals surface area contributed by atoms with Crippen LogP contribution in [-0.4, -0.2) is 10.9 Å². The van der Waals surface area contributed by atoms with E-state index in [4.69, 9.17) is 5.73 Å². The van der Waals surface area contributed by atoms with Gasteiger partial charge in [0.15, 0.2) is 0 Å². The molecular formula is C12H8BrF2N3O. The second-order valence-corrected chi connectivity index (χ2v) is 4.50. The average Bonchev–Trinajstić information content (AvgIpc) is 2.36. The number of nitrogens with one attached hydrogen (secondary N) is 1. The molecule has 0 aliphatic heterocycles. The Morgan fingerprint density at radius 3 is 2.68 bits per heavy atom. The minimum absolute atomic E-state index is 0.0164. The minimum atomic E-state index is -0.759. The van der Waals surface area contributed by atoms with E-state index in [2.05, 4.69) is 26.2 Å². The second-order valence-electron chi connectivity index (χ2n) is 3.65. The molecule has 7 heteroatoms. The molecule has 0 unspecified atom stereocenters. The molecule has 0 aliphatic carbocycles. The molecule has 19 heavy (non-hydrogen) atoms. The summed E-state index contributed by atoms with van der Waals surface area (Å²) in [6.07, 6.45) is 0. The van der Waals surface area contributed by atoms with Crippen LogP contribution in [0.4, 0.5) is 20.3 Å². The zero-order valence-electron chi connectivity index (χ0n) is 9.45. The fraction of sp³-hybridized carbons (Fsp3) is 0. The maximum atomic E-state index is 13.5. The number of halogens is 3. The summed E-state index contributed by atoms with van der Waals surface area (Å²) < 4.78 is 26.8. The number of anilines is 2. The van der Waals surface area contributed by atoms with Crippen molar-refractivity contribution in [2.75, 3.05) is 11.1 Å². The molecule has 0 spiro atoms. The van der Waals surface area contributed by atoms with E-state index >= 15 is 0 Å². The first-order valence-corrected chi connectivity index (χ1v) is 5.95. The van der Waals surface area contributed by atoms with Crippen LogP contribution in [0.25, 0.3) is 0 Å². The molecule has 0 aliphatic rings. The maximum absolute atomic E-state index is 13.5. The number of nitrogen functional groups attached to an aromatic ring is 1. The quantitative estimate of drug-likeness (QED) is 0.833. The number of nitrogens with two attached hydrogens (primary N) is 1. The molecule has 0 radical (unpaired) electrons. The van der Waals surface area contributed by atoms with Gasteiger partial charge in [0.1, 0.15) is 23.1 Å². The number of nitrogens with zero attached hydrogens (tertiary/aromatic N) is 1. The molecule has 1 aromatic carbocycles. The first-order chi connectivity index (χ1) is 8.97. The normalized spacial score (nSPS) is 10.3. The average molecular weight is 328 g/mol. The van der Waals surface area contributed by atoms with E-state index in [1.165, 1.54) is 18.2 Å². The van der Waals surface area contributed by atoms with Gasteiger partial charge in [-0.15, -0.1) is 0 Å². The fourth-order valence-electron chi connectivity index (χ4n) is 1.38. The lowest BCUT2D eigenvalue weighted by Gasteiger charge is -2.07. The zero-order chi connectivity index (χ0) is 14.0. The smallest absolute Gasteiger partial charge is 0.274 e. The van der Waals surface area contributed by atoms with Gasteiger partial charge in [-0.25, -0.2) is 13.8 Å². The van der Waals surface area contributed by atoms with Crippen LogP contribution in [0.5, 0.6) is 0 Å². The predicted octanol–water partition coefficient (Wildman–Crippen LogP) is 2.96. The Hall–Kier alpha value is -2.02. The molecule has 3 N–H and O–H groups in total. The van der Waals surface area contributed by atoms with Gasteiger partial charge < -0.3 is 11.1 Å². The lowest BCUT2D eigenvalue weighted by molar-refractivity contribution is 0.102. The summed E-state index contributed by atoms with van der Waals surface area (Å²) in [5, 5.41) is 2.23. The van der Waals surface area contributed by atoms with Crippen molar-refractivity contribution in [1.82, 2.24) is 4.98 Å². The highest BCUT2D eigenvalue weighted by molar-refractivity contribution is 9.10. The monoisotopic (exact) mass is 327 g/mol. The van der Waals surface area contributed by atoms with Crippen LogP contribution < -0.4 is 11.1 Å². The molecule has 4 nitrogen and oxygen atoms in total. The summed E-state index contributed by atoms with van der Waals surface area (Å²) in [5.74, 6) is -1.95. The summed E-state index contributed by atoms with van der Waals surface area (Å²) in [4.78, 5) is 15.6. The topological polar surface area (TPSA) is 68.0 Å². The molecular weight excluding hydrogens is 320 g/mol. The van der Waals surface area contributed by atoms with Gasteiger partial charge in [0.25, 0.3) is 5.91 Å². The standard InChI is InChI=1S/C12H8BrF2N3O/c13-6-4-8(15)10(5-7(6)14)18-12(19)9-2-1-3-11(16)17-9/h1-5H,(H2,16,17)(H,18,19). The number of carbonyl (C=O) groups is 1. The summed E-state index contributed by atoms with van der Waals surface area (Å²) in [6, 6.07) is 6.27. The molecule has 0 bridgehead atoms. The highest BCUT2D eigenvalue weighted by atomic mass is 79.9. The van der Waals surface area contributed by atoms with Crippen LogP contribution in [0.15, 0.2) is 34.8 Å². The van der Waals surface area contributed by atoms with Crippen LogP contribution in [0, 0.1) is 11.6 Å². The van der Waals surface area contributed by atoms with Gasteiger partial charge in [-0.3, -0.25) is 4.79 Å². The lowest BCUT2D eigenvalue weighted by atomic mass is 10.2. The Balaban J connectivity index is 2.27. The van der Waals surface area contributed by atoms with E-state index in [-0.39, 0.29) is 21.7 Å². The molecule has 2 aromatic rings. The van der Waals surface area contributed by atoms with E-state index in [9.17, 15) is 13.6 Å². The van der Waals surface area contributed by atoms with Crippen molar-refractivity contribution in [3.63, 3.8) is 0 Å². The molecule has 0 fully saturated rings. The fourth-order valence-corrected chi connectivity index (χ4v) is 1.70. The van der Waals surface area contributed by atoms with Crippen LogP contribution in [0.3, 0.4) is 0 Å². The molecule has 0 saturated carbocycles. The van der Waals surface area contributed by atoms with E-state index in [1.54, 1.807) is 0 Å². The molecule has 1 aromatic heterocycles. The van der Waals surface area contributed by atoms with Crippen molar-refractivity contribution in [3.05, 3.63) is 52.1 Å². The van der Waals surface area contributed by atoms with Crippen molar-refractivity contribution < 1.29 is 13.6 Å². The lowest BCUT2D eigenvalue weighted by Crippen LogP contribution is -2.15. The highest BCUT2D eigenvalue weighted by Gasteiger charge is 2.13. The third-order valence-electron chi connectivity index (χ3n) is 2.26. The Morgan fingerprint density at radius 1 is 1.26 bits per heavy atom. The van der Waals surface area contributed by atoms with Gasteiger partial charge >= 0.3 is 0 Å². The second kappa shape index (κ2) is 5.31. The van der Waals surface area contributed by atoms with Crippen molar-refractivity contribution in [1.29, 1.82) is 0 Å². The van der Waals surface area contributed by atoms with Crippen molar-refractivity contribution in [2.45, 2.75) is 0 Å². The van der Waals surface area contributed by atoms with Gasteiger partial charge in [0, 0.05) is 6.07 Å². The number of aromatic nitrogens is 1. The first-order valence-electron chi connectivity index (χ1n) is 5.16. The van der Waals surface area contributed by atoms with E-state index in [1.807, 2.05) is 0 Å². The molecule has 0 saturated heterocycles. The number of benzene rings is 1. The van der Waals surface area contributed by atoms with E-state index in [0.29, 0.717) is 0 Å². The first kappa shape index (κ1) is 13.4. The van der Waals surface area contributed by atoms with Crippen LogP contribution in [0.1, 0.15) is 10.5 Å². The van der Waals surface area contributed by atoms with Gasteiger partial charge in [0.2, 0.25) is 0 Å². The Morgan fingerprint density at radius 2 is 2.00 bits per heavy atom.